The maximum atomic E-state index is 12.8. The van der Waals surface area contributed by atoms with Crippen molar-refractivity contribution < 1.29 is 9.63 Å². The van der Waals surface area contributed by atoms with Crippen molar-refractivity contribution in [1.82, 2.24) is 25.4 Å². The first-order chi connectivity index (χ1) is 10.3. The van der Waals surface area contributed by atoms with Crippen LogP contribution in [0, 0.1) is 6.92 Å². The average molecular weight is 287 g/mol. The number of benzene rings is 1. The molecule has 0 atom stereocenters. The summed E-state index contributed by atoms with van der Waals surface area (Å²) in [5, 5.41) is 8.24. The van der Waals surface area contributed by atoms with E-state index in [4.69, 9.17) is 4.84 Å². The fourth-order valence-corrected chi connectivity index (χ4v) is 2.30. The Bertz CT molecular complexity index is 618. The molecule has 0 aliphatic carbocycles. The van der Waals surface area contributed by atoms with Gasteiger partial charge >= 0.3 is 0 Å². The van der Waals surface area contributed by atoms with Crippen molar-refractivity contribution in [3.8, 4) is 5.69 Å². The lowest BCUT2D eigenvalue weighted by Gasteiger charge is -2.20. The number of nitrogens with zero attached hydrogens (tertiary/aromatic N) is 4. The Morgan fingerprint density at radius 3 is 2.90 bits per heavy atom. The molecule has 1 fully saturated rings. The molecule has 7 heteroatoms. The zero-order valence-electron chi connectivity index (χ0n) is 11.8. The summed E-state index contributed by atoms with van der Waals surface area (Å²) in [6.45, 7) is 4.23. The summed E-state index contributed by atoms with van der Waals surface area (Å²) >= 11 is 0. The summed E-state index contributed by atoms with van der Waals surface area (Å²) < 4.78 is 0. The van der Waals surface area contributed by atoms with Crippen LogP contribution in [0.3, 0.4) is 0 Å². The third kappa shape index (κ3) is 2.93. The van der Waals surface area contributed by atoms with E-state index in [9.17, 15) is 4.79 Å². The first-order valence-corrected chi connectivity index (χ1v) is 6.87. The van der Waals surface area contributed by atoms with Crippen molar-refractivity contribution in [2.75, 3.05) is 26.2 Å². The second kappa shape index (κ2) is 6.02. The molecule has 0 saturated carbocycles. The maximum Gasteiger partial charge on any atom is 0.256 e. The molecular weight excluding hydrogens is 270 g/mol. The summed E-state index contributed by atoms with van der Waals surface area (Å²) in [5.74, 6) is -0.0294. The van der Waals surface area contributed by atoms with Crippen LogP contribution in [0.4, 0.5) is 0 Å². The zero-order chi connectivity index (χ0) is 14.7. The van der Waals surface area contributed by atoms with Crippen molar-refractivity contribution in [3.05, 3.63) is 41.7 Å². The fraction of sp³-hybridized carbons (Fsp3) is 0.357. The second-order valence-corrected chi connectivity index (χ2v) is 4.87. The van der Waals surface area contributed by atoms with Crippen LogP contribution in [-0.2, 0) is 4.84 Å². The molecule has 0 radical (unpaired) electrons. The van der Waals surface area contributed by atoms with Crippen molar-refractivity contribution in [3.63, 3.8) is 0 Å². The quantitative estimate of drug-likeness (QED) is 0.873. The van der Waals surface area contributed by atoms with Gasteiger partial charge < -0.3 is 4.90 Å². The monoisotopic (exact) mass is 287 g/mol. The Morgan fingerprint density at radius 1 is 1.29 bits per heavy atom. The number of carbonyl (C=O) groups excluding carboxylic acids is 1. The molecule has 1 saturated heterocycles. The SMILES string of the molecule is Cc1ccc(-n2nccn2)c(C(=O)N2CCNOCC2)c1. The Hall–Kier alpha value is -2.25. The number of rotatable bonds is 2. The van der Waals surface area contributed by atoms with E-state index in [-0.39, 0.29) is 5.91 Å². The molecule has 1 aromatic heterocycles. The molecule has 1 aromatic carbocycles. The highest BCUT2D eigenvalue weighted by Gasteiger charge is 2.21. The van der Waals surface area contributed by atoms with Gasteiger partial charge in [0, 0.05) is 19.6 Å². The van der Waals surface area contributed by atoms with Gasteiger partial charge in [0.1, 0.15) is 0 Å². The number of aromatic nitrogens is 3. The lowest BCUT2D eigenvalue weighted by molar-refractivity contribution is 0.0522. The highest BCUT2D eigenvalue weighted by Crippen LogP contribution is 2.17. The van der Waals surface area contributed by atoms with E-state index in [2.05, 4.69) is 15.7 Å². The first kappa shape index (κ1) is 13.7. The van der Waals surface area contributed by atoms with Crippen molar-refractivity contribution >= 4 is 5.91 Å². The molecule has 3 rings (SSSR count). The summed E-state index contributed by atoms with van der Waals surface area (Å²) in [7, 11) is 0. The smallest absolute Gasteiger partial charge is 0.256 e. The fourth-order valence-electron chi connectivity index (χ4n) is 2.30. The highest BCUT2D eigenvalue weighted by molar-refractivity contribution is 5.98. The molecule has 1 N–H and O–H groups in total. The number of amides is 1. The molecule has 1 aliphatic rings. The normalized spacial score (nSPS) is 15.8. The van der Waals surface area contributed by atoms with Crippen molar-refractivity contribution in [2.45, 2.75) is 6.92 Å². The van der Waals surface area contributed by atoms with Gasteiger partial charge in [-0.25, -0.2) is 5.48 Å². The molecule has 0 bridgehead atoms. The van der Waals surface area contributed by atoms with Crippen LogP contribution in [-0.4, -0.2) is 52.0 Å². The largest absolute Gasteiger partial charge is 0.335 e. The number of aryl methyl sites for hydroxylation is 1. The van der Waals surface area contributed by atoms with Crippen LogP contribution in [0.2, 0.25) is 0 Å². The van der Waals surface area contributed by atoms with Crippen LogP contribution in [0.15, 0.2) is 30.6 Å². The van der Waals surface area contributed by atoms with E-state index in [1.165, 1.54) is 4.80 Å². The Balaban J connectivity index is 1.96. The lowest BCUT2D eigenvalue weighted by Crippen LogP contribution is -2.35. The molecule has 1 amide bonds. The third-order valence-corrected chi connectivity index (χ3v) is 3.35. The van der Waals surface area contributed by atoms with Gasteiger partial charge in [-0.1, -0.05) is 11.6 Å². The standard InChI is InChI=1S/C14H17N5O2/c1-11-2-3-13(19-15-4-5-16-19)12(10-11)14(20)18-7-6-17-21-9-8-18/h2-5,10,17H,6-9H2,1H3. The number of carbonyl (C=O) groups is 1. The first-order valence-electron chi connectivity index (χ1n) is 6.87. The minimum absolute atomic E-state index is 0.0294. The molecule has 2 aromatic rings. The molecule has 1 aliphatic heterocycles. The zero-order valence-corrected chi connectivity index (χ0v) is 11.8. The maximum absolute atomic E-state index is 12.8. The average Bonchev–Trinajstić information content (AvgIpc) is 2.88. The Kier molecular flexibility index (Phi) is 3.94. The number of nitrogens with one attached hydrogen (secondary N) is 1. The van der Waals surface area contributed by atoms with Gasteiger partial charge in [-0.3, -0.25) is 9.63 Å². The topological polar surface area (TPSA) is 72.3 Å². The molecule has 7 nitrogen and oxygen atoms in total. The van der Waals surface area contributed by atoms with Crippen LogP contribution in [0.5, 0.6) is 0 Å². The van der Waals surface area contributed by atoms with Gasteiger partial charge in [0.2, 0.25) is 0 Å². The molecular formula is C14H17N5O2. The van der Waals surface area contributed by atoms with Gasteiger partial charge in [0.15, 0.2) is 0 Å². The summed E-state index contributed by atoms with van der Waals surface area (Å²) in [6.07, 6.45) is 3.19. The highest BCUT2D eigenvalue weighted by atomic mass is 16.6. The summed E-state index contributed by atoms with van der Waals surface area (Å²) in [4.78, 5) is 21.2. The van der Waals surface area contributed by atoms with Crippen LogP contribution >= 0.6 is 0 Å². The van der Waals surface area contributed by atoms with E-state index < -0.39 is 0 Å². The van der Waals surface area contributed by atoms with Crippen molar-refractivity contribution in [1.29, 1.82) is 0 Å². The minimum Gasteiger partial charge on any atom is -0.335 e. The number of hydrogen-bond donors (Lipinski definition) is 1. The van der Waals surface area contributed by atoms with E-state index in [0.29, 0.717) is 37.5 Å². The molecule has 110 valence electrons. The van der Waals surface area contributed by atoms with E-state index >= 15 is 0 Å². The second-order valence-electron chi connectivity index (χ2n) is 4.87. The molecule has 0 spiro atoms. The third-order valence-electron chi connectivity index (χ3n) is 3.35. The predicted molar refractivity (Wildman–Crippen MR) is 76.0 cm³/mol. The molecule has 0 unspecified atom stereocenters. The van der Waals surface area contributed by atoms with E-state index in [1.807, 2.05) is 25.1 Å². The Labute approximate surface area is 122 Å². The number of hydrogen-bond acceptors (Lipinski definition) is 5. The van der Waals surface area contributed by atoms with Crippen LogP contribution in [0.1, 0.15) is 15.9 Å². The van der Waals surface area contributed by atoms with Gasteiger partial charge in [0.25, 0.3) is 5.91 Å². The predicted octanol–water partition coefficient (Wildman–Crippen LogP) is 0.553. The summed E-state index contributed by atoms with van der Waals surface area (Å²) in [5.41, 5.74) is 5.13. The van der Waals surface area contributed by atoms with Crippen molar-refractivity contribution in [2.24, 2.45) is 0 Å². The Morgan fingerprint density at radius 2 is 2.10 bits per heavy atom. The summed E-state index contributed by atoms with van der Waals surface area (Å²) in [6, 6.07) is 5.69. The molecule has 21 heavy (non-hydrogen) atoms. The van der Waals surface area contributed by atoms with Crippen LogP contribution in [0.25, 0.3) is 5.69 Å². The minimum atomic E-state index is -0.0294. The lowest BCUT2D eigenvalue weighted by atomic mass is 10.1. The number of hydroxylamine groups is 1. The van der Waals surface area contributed by atoms with Gasteiger partial charge in [-0.05, 0) is 19.1 Å². The van der Waals surface area contributed by atoms with Gasteiger partial charge in [-0.2, -0.15) is 15.0 Å². The molecule has 2 heterocycles. The van der Waals surface area contributed by atoms with Gasteiger partial charge in [-0.15, -0.1) is 0 Å². The van der Waals surface area contributed by atoms with E-state index in [0.717, 1.165) is 5.56 Å². The van der Waals surface area contributed by atoms with Crippen LogP contribution < -0.4 is 5.48 Å². The van der Waals surface area contributed by atoms with E-state index in [1.54, 1.807) is 17.3 Å². The van der Waals surface area contributed by atoms with Gasteiger partial charge in [0.05, 0.1) is 30.3 Å².